The molecular formula is C23H22FN5OS. The zero-order chi connectivity index (χ0) is 21.4. The topological polar surface area (TPSA) is 62.5 Å². The zero-order valence-electron chi connectivity index (χ0n) is 17.1. The number of hydrogen-bond acceptors (Lipinski definition) is 5. The van der Waals surface area contributed by atoms with E-state index in [2.05, 4.69) is 10.3 Å². The Balaban J connectivity index is 1.42. The van der Waals surface area contributed by atoms with Gasteiger partial charge in [0, 0.05) is 54.2 Å². The highest BCUT2D eigenvalue weighted by Gasteiger charge is 2.29. The first-order valence-electron chi connectivity index (χ1n) is 10.3. The summed E-state index contributed by atoms with van der Waals surface area (Å²) < 4.78 is 15.6. The third-order valence-electron chi connectivity index (χ3n) is 5.71. The summed E-state index contributed by atoms with van der Waals surface area (Å²) in [6.07, 6.45) is 7.26. The molecule has 0 saturated carbocycles. The van der Waals surface area contributed by atoms with Crippen LogP contribution in [-0.2, 0) is 0 Å². The predicted molar refractivity (Wildman–Crippen MR) is 120 cm³/mol. The Morgan fingerprint density at radius 2 is 2.23 bits per heavy atom. The number of pyridine rings is 1. The van der Waals surface area contributed by atoms with Crippen LogP contribution in [0.3, 0.4) is 0 Å². The van der Waals surface area contributed by atoms with Gasteiger partial charge in [-0.1, -0.05) is 6.07 Å². The number of fused-ring (bicyclic) bond motifs is 1. The van der Waals surface area contributed by atoms with Crippen molar-refractivity contribution < 1.29 is 9.18 Å². The van der Waals surface area contributed by atoms with E-state index in [9.17, 15) is 9.18 Å². The number of halogens is 1. The van der Waals surface area contributed by atoms with Gasteiger partial charge in [0.1, 0.15) is 10.6 Å². The number of carbonyl (C=O) groups excluding carboxylic acids is 1. The lowest BCUT2D eigenvalue weighted by Crippen LogP contribution is -2.39. The first kappa shape index (κ1) is 19.7. The minimum absolute atomic E-state index is 0.0457. The van der Waals surface area contributed by atoms with Crippen LogP contribution in [0.1, 0.15) is 40.4 Å². The Bertz CT molecular complexity index is 1250. The smallest absolute Gasteiger partial charge is 0.254 e. The Morgan fingerprint density at radius 3 is 3.06 bits per heavy atom. The SMILES string of the molecule is Cc1cnccc1C(=O)N1CCCC(c2nc(Nc3cccc(F)c3)n3ccsc23)C1. The quantitative estimate of drug-likeness (QED) is 0.490. The fourth-order valence-corrected chi connectivity index (χ4v) is 5.07. The number of nitrogens with zero attached hydrogens (tertiary/aromatic N) is 4. The van der Waals surface area contributed by atoms with E-state index in [1.54, 1.807) is 35.9 Å². The van der Waals surface area contributed by atoms with Crippen LogP contribution in [0.2, 0.25) is 0 Å². The fourth-order valence-electron chi connectivity index (χ4n) is 4.16. The Labute approximate surface area is 183 Å². The molecule has 1 amide bonds. The molecule has 5 rings (SSSR count). The van der Waals surface area contributed by atoms with E-state index in [0.29, 0.717) is 23.7 Å². The van der Waals surface area contributed by atoms with E-state index in [1.165, 1.54) is 12.1 Å². The summed E-state index contributed by atoms with van der Waals surface area (Å²) in [6.45, 7) is 3.29. The summed E-state index contributed by atoms with van der Waals surface area (Å²) in [5.74, 6) is 0.558. The van der Waals surface area contributed by atoms with Gasteiger partial charge in [-0.3, -0.25) is 14.2 Å². The molecule has 4 heterocycles. The van der Waals surface area contributed by atoms with Gasteiger partial charge in [-0.25, -0.2) is 9.37 Å². The molecule has 0 radical (unpaired) electrons. The summed E-state index contributed by atoms with van der Waals surface area (Å²) in [5.41, 5.74) is 3.23. The number of likely N-dealkylation sites (tertiary alicyclic amines) is 1. The minimum atomic E-state index is -0.295. The largest absolute Gasteiger partial charge is 0.338 e. The molecule has 1 aliphatic heterocycles. The monoisotopic (exact) mass is 435 g/mol. The number of carbonyl (C=O) groups is 1. The Morgan fingerprint density at radius 1 is 1.32 bits per heavy atom. The average molecular weight is 436 g/mol. The van der Waals surface area contributed by atoms with Crippen LogP contribution in [0.5, 0.6) is 0 Å². The number of piperidine rings is 1. The van der Waals surface area contributed by atoms with Crippen molar-refractivity contribution in [2.45, 2.75) is 25.7 Å². The predicted octanol–water partition coefficient (Wildman–Crippen LogP) is 5.00. The van der Waals surface area contributed by atoms with Gasteiger partial charge in [0.25, 0.3) is 5.91 Å². The molecule has 0 aliphatic carbocycles. The van der Waals surface area contributed by atoms with E-state index in [4.69, 9.17) is 4.98 Å². The number of aryl methyl sites for hydroxylation is 1. The maximum absolute atomic E-state index is 13.6. The Hall–Kier alpha value is -3.26. The molecule has 3 aromatic heterocycles. The second-order valence-corrected chi connectivity index (χ2v) is 8.71. The normalized spacial score (nSPS) is 16.6. The number of anilines is 2. The molecule has 1 unspecified atom stereocenters. The van der Waals surface area contributed by atoms with Gasteiger partial charge in [-0.2, -0.15) is 0 Å². The molecule has 1 N–H and O–H groups in total. The van der Waals surface area contributed by atoms with Crippen LogP contribution >= 0.6 is 11.3 Å². The number of thiazole rings is 1. The molecule has 31 heavy (non-hydrogen) atoms. The zero-order valence-corrected chi connectivity index (χ0v) is 17.9. The van der Waals surface area contributed by atoms with Crippen molar-refractivity contribution in [3.63, 3.8) is 0 Å². The van der Waals surface area contributed by atoms with E-state index in [0.717, 1.165) is 35.5 Å². The number of amides is 1. The number of aromatic nitrogens is 3. The summed E-state index contributed by atoms with van der Waals surface area (Å²) in [6, 6.07) is 8.14. The van der Waals surface area contributed by atoms with Crippen LogP contribution in [0.4, 0.5) is 16.0 Å². The lowest BCUT2D eigenvalue weighted by molar-refractivity contribution is 0.0705. The second kappa shape index (κ2) is 8.11. The van der Waals surface area contributed by atoms with Crippen molar-refractivity contribution in [1.82, 2.24) is 19.3 Å². The highest BCUT2D eigenvalue weighted by Crippen LogP contribution is 2.34. The lowest BCUT2D eigenvalue weighted by Gasteiger charge is -2.32. The molecule has 4 aromatic rings. The van der Waals surface area contributed by atoms with Crippen LogP contribution in [0.25, 0.3) is 4.83 Å². The summed E-state index contributed by atoms with van der Waals surface area (Å²) >= 11 is 1.63. The molecule has 1 aliphatic rings. The van der Waals surface area contributed by atoms with E-state index in [1.807, 2.05) is 33.9 Å². The third-order valence-corrected chi connectivity index (χ3v) is 6.60. The van der Waals surface area contributed by atoms with Crippen LogP contribution in [-0.4, -0.2) is 38.3 Å². The molecular weight excluding hydrogens is 413 g/mol. The fraction of sp³-hybridized carbons (Fsp3) is 0.261. The van der Waals surface area contributed by atoms with Gasteiger partial charge < -0.3 is 10.2 Å². The van der Waals surface area contributed by atoms with Crippen LogP contribution < -0.4 is 5.32 Å². The highest BCUT2D eigenvalue weighted by molar-refractivity contribution is 7.15. The first-order chi connectivity index (χ1) is 15.1. The van der Waals surface area contributed by atoms with Gasteiger partial charge in [0.15, 0.2) is 0 Å². The molecule has 1 fully saturated rings. The van der Waals surface area contributed by atoms with E-state index >= 15 is 0 Å². The third kappa shape index (κ3) is 3.79. The first-order valence-corrected chi connectivity index (χ1v) is 11.2. The molecule has 0 spiro atoms. The summed E-state index contributed by atoms with van der Waals surface area (Å²) in [4.78, 5) is 25.1. The number of nitrogens with one attached hydrogen (secondary N) is 1. The van der Waals surface area contributed by atoms with Gasteiger partial charge >= 0.3 is 0 Å². The van der Waals surface area contributed by atoms with Crippen molar-refractivity contribution >= 4 is 33.7 Å². The van der Waals surface area contributed by atoms with Crippen molar-refractivity contribution in [1.29, 1.82) is 0 Å². The second-order valence-electron chi connectivity index (χ2n) is 7.82. The number of benzene rings is 1. The Kier molecular flexibility index (Phi) is 5.15. The van der Waals surface area contributed by atoms with Gasteiger partial charge in [-0.05, 0) is 49.6 Å². The number of imidazole rings is 1. The molecule has 6 nitrogen and oxygen atoms in total. The molecule has 158 valence electrons. The van der Waals surface area contributed by atoms with E-state index in [-0.39, 0.29) is 17.6 Å². The molecule has 1 atom stereocenters. The van der Waals surface area contributed by atoms with Crippen molar-refractivity contribution in [2.24, 2.45) is 0 Å². The summed E-state index contributed by atoms with van der Waals surface area (Å²) in [7, 11) is 0. The molecule has 8 heteroatoms. The molecule has 1 saturated heterocycles. The minimum Gasteiger partial charge on any atom is -0.338 e. The number of hydrogen-bond donors (Lipinski definition) is 1. The van der Waals surface area contributed by atoms with Crippen molar-refractivity contribution in [3.05, 3.63) is 76.9 Å². The highest BCUT2D eigenvalue weighted by atomic mass is 32.1. The maximum atomic E-state index is 13.6. The van der Waals surface area contributed by atoms with Crippen LogP contribution in [0, 0.1) is 12.7 Å². The van der Waals surface area contributed by atoms with Gasteiger partial charge in [-0.15, -0.1) is 11.3 Å². The van der Waals surface area contributed by atoms with Crippen molar-refractivity contribution in [3.8, 4) is 0 Å². The van der Waals surface area contributed by atoms with Gasteiger partial charge in [0.05, 0.1) is 5.69 Å². The van der Waals surface area contributed by atoms with Gasteiger partial charge in [0.2, 0.25) is 5.95 Å². The summed E-state index contributed by atoms with van der Waals surface area (Å²) in [5, 5.41) is 5.25. The standard InChI is InChI=1S/C23H22FN5OS/c1-15-13-25-8-7-19(15)21(30)28-9-3-4-16(14-28)20-22-29(10-11-31-22)23(27-20)26-18-6-2-5-17(24)12-18/h2,5-8,10-13,16H,3-4,9,14H2,1H3,(H,26,27). The average Bonchev–Trinajstić information content (AvgIpc) is 3.38. The van der Waals surface area contributed by atoms with Crippen molar-refractivity contribution in [2.75, 3.05) is 18.4 Å². The lowest BCUT2D eigenvalue weighted by atomic mass is 9.94. The maximum Gasteiger partial charge on any atom is 0.254 e. The molecule has 1 aromatic carbocycles. The van der Waals surface area contributed by atoms with E-state index < -0.39 is 0 Å². The van der Waals surface area contributed by atoms with Crippen LogP contribution in [0.15, 0.2) is 54.3 Å². The molecule has 0 bridgehead atoms. The number of rotatable bonds is 4.